The van der Waals surface area contributed by atoms with E-state index in [-0.39, 0.29) is 5.91 Å². The molecule has 4 rings (SSSR count). The molecular weight excluding hydrogens is 328 g/mol. The van der Waals surface area contributed by atoms with Gasteiger partial charge in [0.25, 0.3) is 5.91 Å². The number of rotatable bonds is 3. The van der Waals surface area contributed by atoms with Crippen molar-refractivity contribution in [3.8, 4) is 0 Å². The van der Waals surface area contributed by atoms with Gasteiger partial charge in [0.05, 0.1) is 4.88 Å². The minimum absolute atomic E-state index is 0.204. The molecular formula is C21H26N2OS. The van der Waals surface area contributed by atoms with Crippen molar-refractivity contribution < 1.29 is 4.79 Å². The summed E-state index contributed by atoms with van der Waals surface area (Å²) in [4.78, 5) is 17.5. The average molecular weight is 355 g/mol. The Morgan fingerprint density at radius 3 is 2.72 bits per heavy atom. The number of fused-ring (bicyclic) bond motifs is 1. The van der Waals surface area contributed by atoms with Gasteiger partial charge >= 0.3 is 0 Å². The van der Waals surface area contributed by atoms with Gasteiger partial charge in [0.15, 0.2) is 0 Å². The molecule has 2 atom stereocenters. The quantitative estimate of drug-likeness (QED) is 0.852. The van der Waals surface area contributed by atoms with E-state index in [4.69, 9.17) is 5.73 Å². The van der Waals surface area contributed by atoms with E-state index >= 15 is 0 Å². The Morgan fingerprint density at radius 1 is 1.12 bits per heavy atom. The van der Waals surface area contributed by atoms with Crippen molar-refractivity contribution in [2.45, 2.75) is 38.0 Å². The predicted octanol–water partition coefficient (Wildman–Crippen LogP) is 3.83. The third kappa shape index (κ3) is 3.38. The van der Waals surface area contributed by atoms with Crippen molar-refractivity contribution in [1.82, 2.24) is 4.90 Å². The fraction of sp³-hybridized carbons (Fsp3) is 0.476. The highest BCUT2D eigenvalue weighted by Gasteiger charge is 2.36. The van der Waals surface area contributed by atoms with Crippen LogP contribution in [0.15, 0.2) is 36.4 Å². The molecule has 1 fully saturated rings. The number of nitrogens with zero attached hydrogens (tertiary/aromatic N) is 1. The smallest absolute Gasteiger partial charge is 0.263 e. The summed E-state index contributed by atoms with van der Waals surface area (Å²) in [6.07, 6.45) is 6.11. The molecule has 1 saturated heterocycles. The Labute approximate surface area is 153 Å². The van der Waals surface area contributed by atoms with E-state index in [2.05, 4.69) is 30.3 Å². The zero-order valence-electron chi connectivity index (χ0n) is 14.6. The van der Waals surface area contributed by atoms with Gasteiger partial charge in [0.2, 0.25) is 0 Å². The standard InChI is InChI=1S/C21H26N2OS/c22-12-17-13-23(14-18(17)15-7-3-1-4-8-15)21(24)20-11-16-9-5-2-6-10-19(16)25-20/h1,3-4,7-8,11,17-18H,2,5-6,9-10,12-14,22H2/t17-,18+/m1/s1. The van der Waals surface area contributed by atoms with E-state index in [9.17, 15) is 4.79 Å². The van der Waals surface area contributed by atoms with Gasteiger partial charge in [-0.2, -0.15) is 0 Å². The molecule has 1 aliphatic heterocycles. The number of carbonyl (C=O) groups is 1. The lowest BCUT2D eigenvalue weighted by atomic mass is 9.89. The molecule has 1 amide bonds. The first-order valence-electron chi connectivity index (χ1n) is 9.42. The molecule has 4 heteroatoms. The van der Waals surface area contributed by atoms with E-state index in [1.54, 1.807) is 11.3 Å². The molecule has 0 unspecified atom stereocenters. The van der Waals surface area contributed by atoms with Gasteiger partial charge in [-0.1, -0.05) is 36.8 Å². The van der Waals surface area contributed by atoms with Crippen molar-refractivity contribution >= 4 is 17.2 Å². The number of amides is 1. The van der Waals surface area contributed by atoms with Crippen LogP contribution in [-0.4, -0.2) is 30.4 Å². The van der Waals surface area contributed by atoms with Crippen LogP contribution in [0, 0.1) is 5.92 Å². The van der Waals surface area contributed by atoms with Crippen molar-refractivity contribution in [2.24, 2.45) is 11.7 Å². The monoisotopic (exact) mass is 354 g/mol. The second-order valence-corrected chi connectivity index (χ2v) is 8.48. The summed E-state index contributed by atoms with van der Waals surface area (Å²) in [6.45, 7) is 2.19. The molecule has 25 heavy (non-hydrogen) atoms. The molecule has 1 aromatic heterocycles. The number of carbonyl (C=O) groups excluding carboxylic acids is 1. The first-order chi connectivity index (χ1) is 12.3. The van der Waals surface area contributed by atoms with E-state index in [1.165, 1.54) is 35.3 Å². The summed E-state index contributed by atoms with van der Waals surface area (Å²) < 4.78 is 0. The van der Waals surface area contributed by atoms with Crippen LogP contribution in [0.1, 0.15) is 50.9 Å². The number of hydrogen-bond donors (Lipinski definition) is 1. The first-order valence-corrected chi connectivity index (χ1v) is 10.2. The van der Waals surface area contributed by atoms with Crippen molar-refractivity contribution in [3.63, 3.8) is 0 Å². The molecule has 2 aliphatic rings. The van der Waals surface area contributed by atoms with E-state index in [0.29, 0.717) is 18.4 Å². The van der Waals surface area contributed by atoms with Gasteiger partial charge in [-0.3, -0.25) is 4.79 Å². The molecule has 1 aromatic carbocycles. The zero-order chi connectivity index (χ0) is 17.2. The van der Waals surface area contributed by atoms with Crippen LogP contribution in [-0.2, 0) is 12.8 Å². The number of thiophene rings is 1. The van der Waals surface area contributed by atoms with Crippen LogP contribution in [0.25, 0.3) is 0 Å². The molecule has 2 aromatic rings. The minimum Gasteiger partial charge on any atom is -0.337 e. The van der Waals surface area contributed by atoms with Crippen molar-refractivity contribution in [3.05, 3.63) is 57.3 Å². The summed E-state index contributed by atoms with van der Waals surface area (Å²) in [5, 5.41) is 0. The number of nitrogens with two attached hydrogens (primary N) is 1. The summed E-state index contributed by atoms with van der Waals surface area (Å²) in [6, 6.07) is 12.7. The summed E-state index contributed by atoms with van der Waals surface area (Å²) in [7, 11) is 0. The van der Waals surface area contributed by atoms with E-state index < -0.39 is 0 Å². The maximum Gasteiger partial charge on any atom is 0.263 e. The molecule has 3 nitrogen and oxygen atoms in total. The highest BCUT2D eigenvalue weighted by atomic mass is 32.1. The van der Waals surface area contributed by atoms with Gasteiger partial charge in [-0.25, -0.2) is 0 Å². The fourth-order valence-corrected chi connectivity index (χ4v) is 5.50. The van der Waals surface area contributed by atoms with Gasteiger partial charge in [-0.05, 0) is 55.3 Å². The fourth-order valence-electron chi connectivity index (χ4n) is 4.28. The van der Waals surface area contributed by atoms with Crippen molar-refractivity contribution in [1.29, 1.82) is 0 Å². The van der Waals surface area contributed by atoms with Crippen LogP contribution < -0.4 is 5.73 Å². The molecule has 2 heterocycles. The van der Waals surface area contributed by atoms with Crippen LogP contribution in [0.5, 0.6) is 0 Å². The molecule has 132 valence electrons. The summed E-state index contributed by atoms with van der Waals surface area (Å²) in [5.41, 5.74) is 8.74. The Bertz CT molecular complexity index is 716. The normalized spacial score (nSPS) is 23.3. The third-order valence-electron chi connectivity index (χ3n) is 5.72. The van der Waals surface area contributed by atoms with Crippen LogP contribution in [0.2, 0.25) is 0 Å². The Morgan fingerprint density at radius 2 is 1.92 bits per heavy atom. The van der Waals surface area contributed by atoms with Gasteiger partial charge in [0, 0.05) is 23.9 Å². The Hall–Kier alpha value is -1.65. The van der Waals surface area contributed by atoms with E-state index in [1.807, 2.05) is 11.0 Å². The van der Waals surface area contributed by atoms with Crippen LogP contribution >= 0.6 is 11.3 Å². The topological polar surface area (TPSA) is 46.3 Å². The van der Waals surface area contributed by atoms with Crippen LogP contribution in [0.3, 0.4) is 0 Å². The van der Waals surface area contributed by atoms with Gasteiger partial charge < -0.3 is 10.6 Å². The number of aryl methyl sites for hydroxylation is 2. The third-order valence-corrected chi connectivity index (χ3v) is 6.94. The second kappa shape index (κ2) is 7.30. The van der Waals surface area contributed by atoms with Crippen molar-refractivity contribution in [2.75, 3.05) is 19.6 Å². The predicted molar refractivity (Wildman–Crippen MR) is 103 cm³/mol. The molecule has 0 radical (unpaired) electrons. The number of hydrogen-bond acceptors (Lipinski definition) is 3. The highest BCUT2D eigenvalue weighted by Crippen LogP contribution is 2.35. The summed E-state index contributed by atoms with van der Waals surface area (Å²) in [5.74, 6) is 0.909. The maximum atomic E-state index is 13.1. The van der Waals surface area contributed by atoms with Gasteiger partial charge in [0.1, 0.15) is 0 Å². The minimum atomic E-state index is 0.204. The largest absolute Gasteiger partial charge is 0.337 e. The van der Waals surface area contributed by atoms with Crippen LogP contribution in [0.4, 0.5) is 0 Å². The lowest BCUT2D eigenvalue weighted by Crippen LogP contribution is -2.29. The van der Waals surface area contributed by atoms with Gasteiger partial charge in [-0.15, -0.1) is 11.3 Å². The molecule has 0 spiro atoms. The Kier molecular flexibility index (Phi) is 4.91. The molecule has 0 saturated carbocycles. The molecule has 2 N–H and O–H groups in total. The van der Waals surface area contributed by atoms with E-state index in [0.717, 1.165) is 30.8 Å². The lowest BCUT2D eigenvalue weighted by molar-refractivity contribution is 0.0791. The number of benzene rings is 1. The molecule has 0 bridgehead atoms. The number of likely N-dealkylation sites (tertiary alicyclic amines) is 1. The lowest BCUT2D eigenvalue weighted by Gasteiger charge is -2.16. The zero-order valence-corrected chi connectivity index (χ0v) is 15.4. The second-order valence-electron chi connectivity index (χ2n) is 7.34. The maximum absolute atomic E-state index is 13.1. The average Bonchev–Trinajstić information content (AvgIpc) is 3.20. The first kappa shape index (κ1) is 16.8. The molecule has 1 aliphatic carbocycles. The highest BCUT2D eigenvalue weighted by molar-refractivity contribution is 7.14. The SMILES string of the molecule is NC[C@@H]1CN(C(=O)c2cc3c(s2)CCCCC3)C[C@H]1c1ccccc1. The summed E-state index contributed by atoms with van der Waals surface area (Å²) >= 11 is 1.73. The Balaban J connectivity index is 1.53.